The Morgan fingerprint density at radius 1 is 1.16 bits per heavy atom. The number of piperidine rings is 1. The number of rotatable bonds is 8. The lowest BCUT2D eigenvalue weighted by Crippen LogP contribution is -2.42. The molecule has 2 aliphatic rings. The summed E-state index contributed by atoms with van der Waals surface area (Å²) in [5.74, 6) is 0.608. The van der Waals surface area contributed by atoms with Crippen LogP contribution in [0.5, 0.6) is 0 Å². The first-order valence-electron chi connectivity index (χ1n) is 16.1. The molecule has 248 valence electrons. The SMILES string of the molecule is C/C=C\C.C=CN=CN(CC)CCCC1=CC(=C)/C(=C/C)C(C2CCN(C(=O)OC(C)(C)C)CC2)c2ccc(Cl)cc21.CC=O. The highest BCUT2D eigenvalue weighted by Gasteiger charge is 2.35. The molecule has 1 unspecified atom stereocenters. The van der Waals surface area contributed by atoms with Gasteiger partial charge in [-0.3, -0.25) is 0 Å². The smallest absolute Gasteiger partial charge is 0.410 e. The lowest BCUT2D eigenvalue weighted by Gasteiger charge is -2.38. The standard InChI is InChI=1S/C32H44ClN3O2.C4H8.C2H4O/c1-8-27-23(4)20-25(12-11-17-35(10-3)22-34-9-2)29-21-26(33)13-14-28(29)30(27)24-15-18-36(19-16-24)31(37)38-32(5,6)7;1-3-4-2;1-2-3/h8-9,13-14,20-22,24,30H,2,4,10-12,15-19H2,1,3,5-7H3;3-4H,1-2H3;2H,1H3/b27-8-,34-22?;4-3-;. The van der Waals surface area contributed by atoms with Gasteiger partial charge in [0.2, 0.25) is 0 Å². The maximum Gasteiger partial charge on any atom is 0.410 e. The van der Waals surface area contributed by atoms with E-state index in [1.165, 1.54) is 29.2 Å². The van der Waals surface area contributed by atoms with E-state index in [4.69, 9.17) is 21.1 Å². The molecule has 0 spiro atoms. The molecule has 1 aromatic carbocycles. The summed E-state index contributed by atoms with van der Waals surface area (Å²) < 4.78 is 5.63. The lowest BCUT2D eigenvalue weighted by atomic mass is 9.73. The highest BCUT2D eigenvalue weighted by Crippen LogP contribution is 2.47. The van der Waals surface area contributed by atoms with Gasteiger partial charge in [0.15, 0.2) is 0 Å². The number of likely N-dealkylation sites (tertiary alicyclic amines) is 1. The molecule has 0 N–H and O–H groups in total. The fraction of sp³-hybridized carbons (Fsp3) is 0.500. The molecular weight excluding hydrogens is 582 g/mol. The third kappa shape index (κ3) is 13.2. The molecule has 1 aliphatic heterocycles. The van der Waals surface area contributed by atoms with Crippen LogP contribution in [0.2, 0.25) is 5.02 Å². The van der Waals surface area contributed by atoms with Crippen molar-refractivity contribution in [2.45, 2.75) is 92.6 Å². The number of halogens is 1. The van der Waals surface area contributed by atoms with Gasteiger partial charge in [-0.1, -0.05) is 55.1 Å². The average molecular weight is 638 g/mol. The maximum absolute atomic E-state index is 12.7. The quantitative estimate of drug-likeness (QED) is 0.123. The zero-order chi connectivity index (χ0) is 34.0. The maximum atomic E-state index is 12.7. The van der Waals surface area contributed by atoms with E-state index >= 15 is 0 Å². The number of allylic oxidation sites excluding steroid dienone is 7. The fourth-order valence-corrected chi connectivity index (χ4v) is 5.72. The summed E-state index contributed by atoms with van der Waals surface area (Å²) in [6.07, 6.45) is 16.2. The van der Waals surface area contributed by atoms with E-state index < -0.39 is 5.60 Å². The Hall–Kier alpha value is -3.38. The summed E-state index contributed by atoms with van der Waals surface area (Å²) in [5, 5.41) is 0.746. The molecule has 0 bridgehead atoms. The van der Waals surface area contributed by atoms with Crippen molar-refractivity contribution in [2.24, 2.45) is 10.9 Å². The lowest BCUT2D eigenvalue weighted by molar-refractivity contribution is -0.106. The van der Waals surface area contributed by atoms with Crippen LogP contribution >= 0.6 is 11.6 Å². The van der Waals surface area contributed by atoms with Gasteiger partial charge >= 0.3 is 6.09 Å². The molecule has 3 rings (SSSR count). The average Bonchev–Trinajstić information content (AvgIpc) is 3.11. The molecule has 1 amide bonds. The van der Waals surface area contributed by atoms with Crippen molar-refractivity contribution in [1.82, 2.24) is 9.80 Å². The summed E-state index contributed by atoms with van der Waals surface area (Å²) in [6, 6.07) is 6.33. The van der Waals surface area contributed by atoms with Crippen LogP contribution in [0, 0.1) is 5.92 Å². The highest BCUT2D eigenvalue weighted by atomic mass is 35.5. The Morgan fingerprint density at radius 3 is 2.29 bits per heavy atom. The molecule has 45 heavy (non-hydrogen) atoms. The number of aliphatic imine (C=N–C) groups is 1. The second kappa shape index (κ2) is 20.6. The number of benzene rings is 1. The van der Waals surface area contributed by atoms with E-state index in [9.17, 15) is 4.79 Å². The van der Waals surface area contributed by atoms with Gasteiger partial charge in [0.25, 0.3) is 0 Å². The van der Waals surface area contributed by atoms with Crippen molar-refractivity contribution in [3.05, 3.63) is 89.2 Å². The van der Waals surface area contributed by atoms with Crippen LogP contribution in [0.1, 0.15) is 98.1 Å². The molecule has 1 atom stereocenters. The number of amides is 1. The van der Waals surface area contributed by atoms with Gasteiger partial charge in [-0.25, -0.2) is 9.79 Å². The summed E-state index contributed by atoms with van der Waals surface area (Å²) in [5.41, 5.74) is 5.65. The van der Waals surface area contributed by atoms with Crippen molar-refractivity contribution in [3.8, 4) is 0 Å². The summed E-state index contributed by atoms with van der Waals surface area (Å²) in [7, 11) is 0. The predicted molar refractivity (Wildman–Crippen MR) is 193 cm³/mol. The van der Waals surface area contributed by atoms with Crippen LogP contribution in [-0.2, 0) is 9.53 Å². The van der Waals surface area contributed by atoms with Gasteiger partial charge in [0.1, 0.15) is 11.9 Å². The van der Waals surface area contributed by atoms with Gasteiger partial charge in [0, 0.05) is 43.3 Å². The van der Waals surface area contributed by atoms with E-state index in [1.807, 2.05) is 64.1 Å². The second-order valence-corrected chi connectivity index (χ2v) is 12.5. The number of hydrogen-bond acceptors (Lipinski definition) is 4. The van der Waals surface area contributed by atoms with Crippen LogP contribution < -0.4 is 0 Å². The molecular formula is C38H56ClN3O3. The number of hydrogen-bond donors (Lipinski definition) is 0. The van der Waals surface area contributed by atoms with E-state index in [1.54, 1.807) is 6.20 Å². The first-order chi connectivity index (χ1) is 21.4. The van der Waals surface area contributed by atoms with Crippen molar-refractivity contribution >= 4 is 35.9 Å². The van der Waals surface area contributed by atoms with Gasteiger partial charge in [0.05, 0.1) is 6.34 Å². The van der Waals surface area contributed by atoms with Crippen molar-refractivity contribution in [2.75, 3.05) is 26.2 Å². The van der Waals surface area contributed by atoms with Crippen LogP contribution in [0.4, 0.5) is 4.79 Å². The first kappa shape index (κ1) is 39.6. The normalized spacial score (nSPS) is 17.8. The number of aldehydes is 1. The molecule has 0 saturated carbocycles. The van der Waals surface area contributed by atoms with Crippen molar-refractivity contribution in [3.63, 3.8) is 0 Å². The van der Waals surface area contributed by atoms with E-state index in [-0.39, 0.29) is 12.0 Å². The van der Waals surface area contributed by atoms with Gasteiger partial charge in [-0.2, -0.15) is 0 Å². The number of carbonyl (C=O) groups excluding carboxylic acids is 2. The Morgan fingerprint density at radius 2 is 1.78 bits per heavy atom. The predicted octanol–water partition coefficient (Wildman–Crippen LogP) is 10.0. The highest BCUT2D eigenvalue weighted by molar-refractivity contribution is 6.30. The molecule has 0 radical (unpaired) electrons. The Labute approximate surface area is 278 Å². The topological polar surface area (TPSA) is 62.2 Å². The number of nitrogens with zero attached hydrogens (tertiary/aromatic N) is 3. The van der Waals surface area contributed by atoms with E-state index in [0.717, 1.165) is 55.7 Å². The minimum atomic E-state index is -0.488. The Bertz CT molecular complexity index is 1230. The summed E-state index contributed by atoms with van der Waals surface area (Å²) in [4.78, 5) is 29.7. The molecule has 1 heterocycles. The Balaban J connectivity index is 0.00000131. The molecule has 7 heteroatoms. The van der Waals surface area contributed by atoms with Gasteiger partial charge < -0.3 is 19.3 Å². The zero-order valence-electron chi connectivity index (χ0n) is 28.9. The summed E-state index contributed by atoms with van der Waals surface area (Å²) in [6.45, 7) is 26.8. The monoisotopic (exact) mass is 637 g/mol. The van der Waals surface area contributed by atoms with Crippen LogP contribution in [0.15, 0.2) is 78.0 Å². The van der Waals surface area contributed by atoms with Gasteiger partial charge in [-0.05, 0) is 127 Å². The molecule has 6 nitrogen and oxygen atoms in total. The molecule has 1 fully saturated rings. The zero-order valence-corrected chi connectivity index (χ0v) is 29.7. The van der Waals surface area contributed by atoms with Crippen LogP contribution in [0.3, 0.4) is 0 Å². The largest absolute Gasteiger partial charge is 0.444 e. The number of fused-ring (bicyclic) bond motifs is 1. The molecule has 0 aromatic heterocycles. The van der Waals surface area contributed by atoms with E-state index in [0.29, 0.717) is 19.0 Å². The third-order valence-corrected chi connectivity index (χ3v) is 7.93. The molecule has 1 saturated heterocycles. The van der Waals surface area contributed by atoms with Crippen molar-refractivity contribution in [1.29, 1.82) is 0 Å². The van der Waals surface area contributed by atoms with E-state index in [2.05, 4.69) is 61.2 Å². The number of ether oxygens (including phenoxy) is 1. The first-order valence-corrected chi connectivity index (χ1v) is 16.5. The van der Waals surface area contributed by atoms with Crippen molar-refractivity contribution < 1.29 is 14.3 Å². The summed E-state index contributed by atoms with van der Waals surface area (Å²) >= 11 is 6.55. The number of carbonyl (C=O) groups is 2. The van der Waals surface area contributed by atoms with Crippen LogP contribution in [-0.4, -0.2) is 60.3 Å². The van der Waals surface area contributed by atoms with Crippen LogP contribution in [0.25, 0.3) is 5.57 Å². The Kier molecular flexibility index (Phi) is 18.2. The second-order valence-electron chi connectivity index (χ2n) is 12.0. The molecule has 1 aromatic rings. The van der Waals surface area contributed by atoms with Gasteiger partial charge in [-0.15, -0.1) is 0 Å². The minimum absolute atomic E-state index is 0.209. The third-order valence-electron chi connectivity index (χ3n) is 7.69. The fourth-order valence-electron chi connectivity index (χ4n) is 5.55. The minimum Gasteiger partial charge on any atom is -0.444 e. The molecule has 1 aliphatic carbocycles.